The number of thiocarbonyl (C=S) groups is 1. The van der Waals surface area contributed by atoms with E-state index in [1.165, 1.54) is 22.4 Å². The first-order valence-electron chi connectivity index (χ1n) is 12.7. The number of hydrogen-bond acceptors (Lipinski definition) is 4. The van der Waals surface area contributed by atoms with Crippen molar-refractivity contribution in [1.82, 2.24) is 15.2 Å². The molecule has 1 fully saturated rings. The van der Waals surface area contributed by atoms with Gasteiger partial charge in [0, 0.05) is 43.3 Å². The largest absolute Gasteiger partial charge is 0.385 e. The minimum absolute atomic E-state index is 0.000814. The van der Waals surface area contributed by atoms with Crippen LogP contribution in [0.3, 0.4) is 0 Å². The Balaban J connectivity index is 1.44. The monoisotopic (exact) mass is 497 g/mol. The van der Waals surface area contributed by atoms with Crippen LogP contribution in [0, 0.1) is 0 Å². The summed E-state index contributed by atoms with van der Waals surface area (Å²) in [6, 6.07) is 23.4. The van der Waals surface area contributed by atoms with Gasteiger partial charge in [-0.25, -0.2) is 0 Å². The van der Waals surface area contributed by atoms with Crippen molar-refractivity contribution in [3.8, 4) is 0 Å². The number of nitrogens with zero attached hydrogens (tertiary/aromatic N) is 3. The van der Waals surface area contributed by atoms with Gasteiger partial charge in [0.2, 0.25) is 0 Å². The van der Waals surface area contributed by atoms with E-state index in [0.717, 1.165) is 36.0 Å². The van der Waals surface area contributed by atoms with Gasteiger partial charge in [0.05, 0.1) is 23.3 Å². The first-order chi connectivity index (χ1) is 17.3. The molecule has 3 heterocycles. The number of nitrogens with one attached hydrogen (secondary N) is 2. The lowest BCUT2D eigenvalue weighted by Gasteiger charge is -2.41. The standard InChI is InChI=1S/C30H35N5S/c1-21-20-30(2,3)34(4)26-15-14-22(19-24(21)26)28-27(25-13-8-9-16-32-25)33-29(36)35(28)18-10-17-31-23-11-6-5-7-12-23/h5-9,11-16,19-20,27-28,31H,10,17-18H2,1-4H3,(H,33,36)/t27-,28-/m1/s1. The van der Waals surface area contributed by atoms with Crippen LogP contribution in [0.4, 0.5) is 11.4 Å². The van der Waals surface area contributed by atoms with Crippen LogP contribution in [0.2, 0.25) is 0 Å². The van der Waals surface area contributed by atoms with Crippen LogP contribution in [0.5, 0.6) is 0 Å². The molecule has 2 aliphatic heterocycles. The summed E-state index contributed by atoms with van der Waals surface area (Å²) in [7, 11) is 2.18. The fourth-order valence-electron chi connectivity index (χ4n) is 5.41. The molecule has 36 heavy (non-hydrogen) atoms. The number of para-hydroxylation sites is 1. The number of benzene rings is 2. The smallest absolute Gasteiger partial charge is 0.170 e. The van der Waals surface area contributed by atoms with Crippen molar-refractivity contribution >= 4 is 34.3 Å². The molecular formula is C30H35N5S. The van der Waals surface area contributed by atoms with E-state index < -0.39 is 0 Å². The number of aromatic nitrogens is 1. The molecule has 0 amide bonds. The van der Waals surface area contributed by atoms with Gasteiger partial charge in [0.15, 0.2) is 5.11 Å². The Bertz CT molecular complexity index is 1250. The number of hydrogen-bond donors (Lipinski definition) is 2. The number of allylic oxidation sites excluding steroid dienone is 1. The van der Waals surface area contributed by atoms with Gasteiger partial charge in [0.1, 0.15) is 0 Å². The first-order valence-corrected chi connectivity index (χ1v) is 13.1. The van der Waals surface area contributed by atoms with Crippen LogP contribution in [0.15, 0.2) is 79.0 Å². The van der Waals surface area contributed by atoms with Crippen LogP contribution in [0.25, 0.3) is 5.57 Å². The molecule has 0 unspecified atom stereocenters. The second-order valence-corrected chi connectivity index (χ2v) is 10.7. The van der Waals surface area contributed by atoms with E-state index in [-0.39, 0.29) is 17.6 Å². The minimum atomic E-state index is -0.0106. The summed E-state index contributed by atoms with van der Waals surface area (Å²) in [6.45, 7) is 8.48. The van der Waals surface area contributed by atoms with Crippen LogP contribution < -0.4 is 15.5 Å². The number of anilines is 2. The van der Waals surface area contributed by atoms with E-state index in [2.05, 4.69) is 103 Å². The Kier molecular flexibility index (Phi) is 6.71. The third kappa shape index (κ3) is 4.70. The van der Waals surface area contributed by atoms with Gasteiger partial charge >= 0.3 is 0 Å². The van der Waals surface area contributed by atoms with Gasteiger partial charge in [-0.05, 0) is 86.9 Å². The third-order valence-corrected chi connectivity index (χ3v) is 7.81. The van der Waals surface area contributed by atoms with Crippen molar-refractivity contribution in [3.63, 3.8) is 0 Å². The highest BCUT2D eigenvalue weighted by molar-refractivity contribution is 7.80. The van der Waals surface area contributed by atoms with E-state index in [0.29, 0.717) is 0 Å². The molecule has 1 aromatic heterocycles. The molecule has 2 N–H and O–H groups in total. The summed E-state index contributed by atoms with van der Waals surface area (Å²) in [5.41, 5.74) is 7.28. The Labute approximate surface area is 220 Å². The topological polar surface area (TPSA) is 43.4 Å². The number of pyridine rings is 1. The number of rotatable bonds is 7. The SMILES string of the molecule is CC1=CC(C)(C)N(C)c2ccc([C@@H]3[C@@H](c4ccccn4)NC(=S)N3CCCNc3ccccc3)cc21. The van der Waals surface area contributed by atoms with Crippen molar-refractivity contribution in [1.29, 1.82) is 0 Å². The summed E-state index contributed by atoms with van der Waals surface area (Å²) in [4.78, 5) is 9.40. The van der Waals surface area contributed by atoms with Gasteiger partial charge in [0.25, 0.3) is 0 Å². The maximum Gasteiger partial charge on any atom is 0.170 e. The highest BCUT2D eigenvalue weighted by Gasteiger charge is 2.40. The van der Waals surface area contributed by atoms with Crippen molar-refractivity contribution in [3.05, 3.63) is 95.8 Å². The van der Waals surface area contributed by atoms with E-state index in [1.54, 1.807) is 0 Å². The Morgan fingerprint density at radius 1 is 1.06 bits per heavy atom. The Hall–Kier alpha value is -3.38. The summed E-state index contributed by atoms with van der Waals surface area (Å²) in [5, 5.41) is 7.90. The van der Waals surface area contributed by atoms with E-state index in [9.17, 15) is 0 Å². The van der Waals surface area contributed by atoms with Crippen LogP contribution in [-0.2, 0) is 0 Å². The Morgan fingerprint density at radius 2 is 1.83 bits per heavy atom. The molecule has 0 radical (unpaired) electrons. The molecule has 2 aliphatic rings. The van der Waals surface area contributed by atoms with Gasteiger partial charge in [-0.1, -0.05) is 36.4 Å². The zero-order valence-corrected chi connectivity index (χ0v) is 22.3. The zero-order valence-electron chi connectivity index (χ0n) is 21.5. The van der Waals surface area contributed by atoms with Crippen LogP contribution >= 0.6 is 12.2 Å². The highest BCUT2D eigenvalue weighted by Crippen LogP contribution is 2.43. The molecule has 5 nitrogen and oxygen atoms in total. The molecule has 0 bridgehead atoms. The molecule has 6 heteroatoms. The van der Waals surface area contributed by atoms with E-state index >= 15 is 0 Å². The molecule has 1 saturated heterocycles. The molecule has 2 atom stereocenters. The van der Waals surface area contributed by atoms with Crippen molar-refractivity contribution in [2.75, 3.05) is 30.4 Å². The molecule has 0 saturated carbocycles. The van der Waals surface area contributed by atoms with Gasteiger partial charge in [-0.15, -0.1) is 0 Å². The summed E-state index contributed by atoms with van der Waals surface area (Å²) < 4.78 is 0. The Morgan fingerprint density at radius 3 is 2.58 bits per heavy atom. The van der Waals surface area contributed by atoms with Crippen molar-refractivity contribution < 1.29 is 0 Å². The fraction of sp³-hybridized carbons (Fsp3) is 0.333. The molecule has 0 aliphatic carbocycles. The predicted octanol–water partition coefficient (Wildman–Crippen LogP) is 6.19. The maximum absolute atomic E-state index is 5.88. The molecular weight excluding hydrogens is 462 g/mol. The summed E-state index contributed by atoms with van der Waals surface area (Å²) in [5.74, 6) is 0. The first kappa shape index (κ1) is 24.3. The van der Waals surface area contributed by atoms with Gasteiger partial charge in [-0.3, -0.25) is 4.98 Å². The normalized spacial score (nSPS) is 20.6. The quantitative estimate of drug-likeness (QED) is 0.300. The third-order valence-electron chi connectivity index (χ3n) is 7.46. The van der Waals surface area contributed by atoms with Crippen LogP contribution in [0.1, 0.15) is 56.1 Å². The number of fused-ring (bicyclic) bond motifs is 1. The lowest BCUT2D eigenvalue weighted by Crippen LogP contribution is -2.42. The molecule has 186 valence electrons. The van der Waals surface area contributed by atoms with Gasteiger partial charge in [-0.2, -0.15) is 0 Å². The molecule has 0 spiro atoms. The zero-order chi connectivity index (χ0) is 25.3. The average Bonchev–Trinajstić information content (AvgIpc) is 3.22. The second-order valence-electron chi connectivity index (χ2n) is 10.3. The fourth-order valence-corrected chi connectivity index (χ4v) is 5.74. The maximum atomic E-state index is 5.88. The van der Waals surface area contributed by atoms with E-state index in [4.69, 9.17) is 17.2 Å². The molecule has 2 aromatic carbocycles. The lowest BCUT2D eigenvalue weighted by atomic mass is 9.86. The lowest BCUT2D eigenvalue weighted by molar-refractivity contribution is 0.316. The van der Waals surface area contributed by atoms with Gasteiger partial charge < -0.3 is 20.4 Å². The van der Waals surface area contributed by atoms with Crippen molar-refractivity contribution in [2.24, 2.45) is 0 Å². The van der Waals surface area contributed by atoms with Crippen molar-refractivity contribution in [2.45, 2.75) is 44.8 Å². The van der Waals surface area contributed by atoms with E-state index in [1.807, 2.05) is 24.4 Å². The predicted molar refractivity (Wildman–Crippen MR) is 154 cm³/mol. The minimum Gasteiger partial charge on any atom is -0.385 e. The molecule has 3 aromatic rings. The molecule has 5 rings (SSSR count). The second kappa shape index (κ2) is 9.94. The average molecular weight is 498 g/mol. The number of likely N-dealkylation sites (N-methyl/N-ethyl adjacent to an activating group) is 1. The summed E-state index contributed by atoms with van der Waals surface area (Å²) in [6.07, 6.45) is 5.20. The highest BCUT2D eigenvalue weighted by atomic mass is 32.1. The summed E-state index contributed by atoms with van der Waals surface area (Å²) >= 11 is 5.88. The van der Waals surface area contributed by atoms with Crippen LogP contribution in [-0.4, -0.2) is 40.7 Å².